The molecule has 0 aliphatic carbocycles. The van der Waals surface area contributed by atoms with Gasteiger partial charge in [0.2, 0.25) is 0 Å². The molecule has 0 unspecified atom stereocenters. The van der Waals surface area contributed by atoms with E-state index < -0.39 is 15.6 Å². The molecule has 0 fully saturated rings. The van der Waals surface area contributed by atoms with Gasteiger partial charge in [-0.25, -0.2) is 17.9 Å². The molecule has 0 saturated carbocycles. The molecule has 3 aromatic heterocycles. The molecular formula is C39H34ClN5O2S. The highest BCUT2D eigenvalue weighted by atomic mass is 35.5. The minimum Gasteiger partial charge on any atom is -0.318 e. The first-order valence-corrected chi connectivity index (χ1v) is 17.5. The molecule has 0 atom stereocenters. The molecule has 7 rings (SSSR count). The van der Waals surface area contributed by atoms with Crippen molar-refractivity contribution in [3.05, 3.63) is 173 Å². The van der Waals surface area contributed by atoms with Crippen LogP contribution in [0.25, 0.3) is 16.9 Å². The summed E-state index contributed by atoms with van der Waals surface area (Å²) in [5, 5.41) is 5.24. The lowest BCUT2D eigenvalue weighted by molar-refractivity contribution is 0.515. The van der Waals surface area contributed by atoms with Crippen LogP contribution in [0.2, 0.25) is 5.02 Å². The van der Waals surface area contributed by atoms with Gasteiger partial charge in [-0.2, -0.15) is 5.10 Å². The van der Waals surface area contributed by atoms with Crippen molar-refractivity contribution < 1.29 is 8.42 Å². The minimum absolute atomic E-state index is 0.0978. The quantitative estimate of drug-likeness (QED) is 0.164. The van der Waals surface area contributed by atoms with Crippen LogP contribution in [0.4, 0.5) is 5.82 Å². The fraction of sp³-hybridized carbons (Fsp3) is 0.128. The van der Waals surface area contributed by atoms with Crippen molar-refractivity contribution in [3.8, 4) is 11.4 Å². The highest BCUT2D eigenvalue weighted by Crippen LogP contribution is 2.41. The zero-order valence-electron chi connectivity index (χ0n) is 26.7. The average molecular weight is 672 g/mol. The van der Waals surface area contributed by atoms with Crippen LogP contribution in [-0.4, -0.2) is 27.6 Å². The van der Waals surface area contributed by atoms with E-state index >= 15 is 0 Å². The van der Waals surface area contributed by atoms with Crippen molar-refractivity contribution in [1.82, 2.24) is 19.2 Å². The standard InChI is InChI=1S/C39H34ClN5O2S/c1-38(2,3)28-19-21-32(22-20-28)48(46,47)43-37-24-23-33(40)36-25-34(42-45(36)37)35-26-44(27-41-35)39(29-13-7-4-8-14-29,30-15-9-5-10-16-30)31-17-11-6-12-18-31/h4-27,43H,1-3H3. The Morgan fingerprint density at radius 2 is 1.21 bits per heavy atom. The summed E-state index contributed by atoms with van der Waals surface area (Å²) >= 11 is 6.63. The number of halogens is 1. The summed E-state index contributed by atoms with van der Waals surface area (Å²) in [6.07, 6.45) is 3.79. The number of anilines is 1. The normalized spacial score (nSPS) is 12.3. The van der Waals surface area contributed by atoms with Gasteiger partial charge in [0.15, 0.2) is 0 Å². The Balaban J connectivity index is 1.32. The number of fused-ring (bicyclic) bond motifs is 1. The smallest absolute Gasteiger partial charge is 0.263 e. The summed E-state index contributed by atoms with van der Waals surface area (Å²) in [6.45, 7) is 6.26. The Hall–Kier alpha value is -5.18. The van der Waals surface area contributed by atoms with E-state index in [4.69, 9.17) is 21.7 Å². The maximum absolute atomic E-state index is 13.5. The summed E-state index contributed by atoms with van der Waals surface area (Å²) in [5.74, 6) is 0.257. The van der Waals surface area contributed by atoms with Gasteiger partial charge in [-0.3, -0.25) is 4.72 Å². The van der Waals surface area contributed by atoms with Crippen LogP contribution in [0.1, 0.15) is 43.0 Å². The third kappa shape index (κ3) is 5.57. The predicted molar refractivity (Wildman–Crippen MR) is 192 cm³/mol. The van der Waals surface area contributed by atoms with E-state index in [0.717, 1.165) is 22.3 Å². The second kappa shape index (κ2) is 12.1. The zero-order valence-corrected chi connectivity index (χ0v) is 28.3. The van der Waals surface area contributed by atoms with E-state index in [1.807, 2.05) is 85.3 Å². The second-order valence-electron chi connectivity index (χ2n) is 12.7. The van der Waals surface area contributed by atoms with E-state index in [9.17, 15) is 8.42 Å². The summed E-state index contributed by atoms with van der Waals surface area (Å²) in [6, 6.07) is 43.0. The first-order chi connectivity index (χ1) is 23.1. The van der Waals surface area contributed by atoms with Crippen LogP contribution < -0.4 is 4.72 Å². The third-order valence-electron chi connectivity index (χ3n) is 8.65. The molecule has 48 heavy (non-hydrogen) atoms. The monoisotopic (exact) mass is 671 g/mol. The molecule has 0 amide bonds. The van der Waals surface area contributed by atoms with Crippen LogP contribution in [0, 0.1) is 0 Å². The molecule has 7 aromatic rings. The van der Waals surface area contributed by atoms with Crippen molar-refractivity contribution in [1.29, 1.82) is 0 Å². The fourth-order valence-electron chi connectivity index (χ4n) is 6.20. The Morgan fingerprint density at radius 1 is 0.667 bits per heavy atom. The number of hydrogen-bond donors (Lipinski definition) is 1. The summed E-state index contributed by atoms with van der Waals surface area (Å²) in [7, 11) is -3.92. The number of aromatic nitrogens is 4. The number of hydrogen-bond acceptors (Lipinski definition) is 4. The van der Waals surface area contributed by atoms with Gasteiger partial charge in [-0.05, 0) is 58.0 Å². The van der Waals surface area contributed by atoms with Gasteiger partial charge in [0.1, 0.15) is 22.7 Å². The maximum atomic E-state index is 13.5. The van der Waals surface area contributed by atoms with Crippen molar-refractivity contribution >= 4 is 33.0 Å². The van der Waals surface area contributed by atoms with E-state index in [-0.39, 0.29) is 16.1 Å². The van der Waals surface area contributed by atoms with Crippen molar-refractivity contribution in [2.45, 2.75) is 36.6 Å². The van der Waals surface area contributed by atoms with Gasteiger partial charge >= 0.3 is 0 Å². The largest absolute Gasteiger partial charge is 0.318 e. The van der Waals surface area contributed by atoms with Gasteiger partial charge < -0.3 is 4.57 Å². The molecule has 240 valence electrons. The number of nitrogens with one attached hydrogen (secondary N) is 1. The van der Waals surface area contributed by atoms with Crippen LogP contribution in [0.3, 0.4) is 0 Å². The van der Waals surface area contributed by atoms with Crippen molar-refractivity contribution in [2.75, 3.05) is 4.72 Å². The summed E-state index contributed by atoms with van der Waals surface area (Å²) < 4.78 is 33.3. The van der Waals surface area contributed by atoms with E-state index in [2.05, 4.69) is 66.5 Å². The number of sulfonamides is 1. The van der Waals surface area contributed by atoms with Crippen molar-refractivity contribution in [2.24, 2.45) is 0 Å². The molecule has 0 spiro atoms. The summed E-state index contributed by atoms with van der Waals surface area (Å²) in [5.41, 5.74) is 5.10. The molecule has 0 aliphatic heterocycles. The average Bonchev–Trinajstić information content (AvgIpc) is 3.77. The van der Waals surface area contributed by atoms with Gasteiger partial charge in [-0.1, -0.05) is 136 Å². The van der Waals surface area contributed by atoms with E-state index in [0.29, 0.717) is 21.9 Å². The lowest BCUT2D eigenvalue weighted by atomic mass is 9.77. The molecule has 0 bridgehead atoms. The lowest BCUT2D eigenvalue weighted by Crippen LogP contribution is -2.36. The Labute approximate surface area is 285 Å². The van der Waals surface area contributed by atoms with Gasteiger partial charge in [0.05, 0.1) is 21.8 Å². The number of nitrogens with zero attached hydrogens (tertiary/aromatic N) is 4. The molecule has 1 N–H and O–H groups in total. The third-order valence-corrected chi connectivity index (χ3v) is 10.3. The molecule has 0 radical (unpaired) electrons. The summed E-state index contributed by atoms with van der Waals surface area (Å²) in [4.78, 5) is 5.00. The van der Waals surface area contributed by atoms with Gasteiger partial charge in [0.25, 0.3) is 10.0 Å². The van der Waals surface area contributed by atoms with E-state index in [1.54, 1.807) is 24.3 Å². The molecule has 3 heterocycles. The van der Waals surface area contributed by atoms with Crippen molar-refractivity contribution in [3.63, 3.8) is 0 Å². The number of rotatable bonds is 8. The molecule has 7 nitrogen and oxygen atoms in total. The minimum atomic E-state index is -3.92. The SMILES string of the molecule is CC(C)(C)c1ccc(S(=O)(=O)Nc2ccc(Cl)c3cc(-c4cn(C(c5ccccc5)(c5ccccc5)c5ccccc5)cn4)nn23)cc1. The Bertz CT molecular complexity index is 2220. The Morgan fingerprint density at radius 3 is 1.73 bits per heavy atom. The van der Waals surface area contributed by atoms with Crippen LogP contribution >= 0.6 is 11.6 Å². The van der Waals surface area contributed by atoms with Crippen LogP contribution in [-0.2, 0) is 21.0 Å². The zero-order chi connectivity index (χ0) is 33.5. The number of benzene rings is 4. The highest BCUT2D eigenvalue weighted by Gasteiger charge is 2.38. The first-order valence-electron chi connectivity index (χ1n) is 15.6. The molecular weight excluding hydrogens is 638 g/mol. The lowest BCUT2D eigenvalue weighted by Gasteiger charge is -2.37. The van der Waals surface area contributed by atoms with Crippen LogP contribution in [0.5, 0.6) is 0 Å². The van der Waals surface area contributed by atoms with E-state index in [1.165, 1.54) is 4.52 Å². The fourth-order valence-corrected chi connectivity index (χ4v) is 7.44. The predicted octanol–water partition coefficient (Wildman–Crippen LogP) is 8.79. The topological polar surface area (TPSA) is 81.3 Å². The van der Waals surface area contributed by atoms with Crippen LogP contribution in [0.15, 0.2) is 151 Å². The first kappa shape index (κ1) is 31.4. The molecule has 9 heteroatoms. The number of imidazole rings is 1. The van der Waals surface area contributed by atoms with Gasteiger partial charge in [-0.15, -0.1) is 0 Å². The molecule has 4 aromatic carbocycles. The second-order valence-corrected chi connectivity index (χ2v) is 14.8. The highest BCUT2D eigenvalue weighted by molar-refractivity contribution is 7.92. The maximum Gasteiger partial charge on any atom is 0.263 e. The molecule has 0 aliphatic rings. The molecule has 0 saturated heterocycles. The number of pyridine rings is 1. The van der Waals surface area contributed by atoms with Gasteiger partial charge in [0, 0.05) is 6.20 Å². The Kier molecular flexibility index (Phi) is 7.93.